The number of thioether (sulfide) groups is 1. The predicted molar refractivity (Wildman–Crippen MR) is 116 cm³/mol. The molecule has 12 heteroatoms. The lowest BCUT2D eigenvalue weighted by molar-refractivity contribution is -0.137. The molecule has 0 saturated carbocycles. The second kappa shape index (κ2) is 10.0. The third-order valence-corrected chi connectivity index (χ3v) is 5.55. The number of hydrogen-bond acceptors (Lipinski definition) is 5. The number of carbonyl (C=O) groups excluding carboxylic acids is 2. The molecule has 0 fully saturated rings. The molecular weight excluding hydrogens is 467 g/mol. The fourth-order valence-corrected chi connectivity index (χ4v) is 3.54. The molecule has 0 atom stereocenters. The van der Waals surface area contributed by atoms with Crippen LogP contribution in [-0.2, 0) is 29.2 Å². The smallest absolute Gasteiger partial charge is 0.325 e. The first-order valence-electron chi connectivity index (χ1n) is 9.16. The Hall–Kier alpha value is -3.05. The van der Waals surface area contributed by atoms with Gasteiger partial charge in [0.2, 0.25) is 11.8 Å². The number of amides is 2. The Balaban J connectivity index is 1.55. The van der Waals surface area contributed by atoms with Crippen LogP contribution in [0.15, 0.2) is 53.7 Å². The number of rotatable bonds is 7. The minimum Gasteiger partial charge on any atom is -0.325 e. The second-order valence-electron chi connectivity index (χ2n) is 6.58. The lowest BCUT2D eigenvalue weighted by atomic mass is 10.2. The molecule has 2 aromatic carbocycles. The van der Waals surface area contributed by atoms with Crippen LogP contribution in [0.2, 0.25) is 5.02 Å². The maximum atomic E-state index is 12.8. The van der Waals surface area contributed by atoms with Gasteiger partial charge in [0.1, 0.15) is 5.82 Å². The van der Waals surface area contributed by atoms with E-state index in [1.807, 2.05) is 0 Å². The van der Waals surface area contributed by atoms with Crippen LogP contribution in [0.3, 0.4) is 0 Å². The van der Waals surface area contributed by atoms with Crippen LogP contribution >= 0.6 is 23.4 Å². The van der Waals surface area contributed by atoms with Crippen molar-refractivity contribution in [2.75, 3.05) is 16.4 Å². The van der Waals surface area contributed by atoms with Crippen molar-refractivity contribution in [2.45, 2.75) is 17.8 Å². The number of anilines is 2. The third kappa shape index (κ3) is 6.24. The monoisotopic (exact) mass is 483 g/mol. The number of halogens is 4. The van der Waals surface area contributed by atoms with Crippen LogP contribution in [-0.4, -0.2) is 32.3 Å². The largest absolute Gasteiger partial charge is 0.416 e. The summed E-state index contributed by atoms with van der Waals surface area (Å²) in [5.74, 6) is -0.577. The summed E-state index contributed by atoms with van der Waals surface area (Å²) in [7, 11) is 1.64. The van der Waals surface area contributed by atoms with Crippen molar-refractivity contribution >= 4 is 46.6 Å². The molecular formula is C20H17ClF3N5O2S. The van der Waals surface area contributed by atoms with Gasteiger partial charge in [0, 0.05) is 12.7 Å². The van der Waals surface area contributed by atoms with Crippen molar-refractivity contribution in [3.8, 4) is 0 Å². The molecule has 0 radical (unpaired) electrons. The zero-order valence-corrected chi connectivity index (χ0v) is 18.2. The quantitative estimate of drug-likeness (QED) is 0.486. The summed E-state index contributed by atoms with van der Waals surface area (Å²) in [4.78, 5) is 24.4. The minimum atomic E-state index is -4.50. The van der Waals surface area contributed by atoms with Crippen LogP contribution in [0, 0.1) is 0 Å². The summed E-state index contributed by atoms with van der Waals surface area (Å²) in [6.45, 7) is 0. The van der Waals surface area contributed by atoms with Gasteiger partial charge >= 0.3 is 6.18 Å². The average Bonchev–Trinajstić information content (AvgIpc) is 3.07. The van der Waals surface area contributed by atoms with Crippen molar-refractivity contribution in [3.63, 3.8) is 0 Å². The van der Waals surface area contributed by atoms with Gasteiger partial charge in [-0.25, -0.2) is 0 Å². The van der Waals surface area contributed by atoms with Crippen LogP contribution in [0.25, 0.3) is 0 Å². The Kier molecular flexibility index (Phi) is 7.41. The van der Waals surface area contributed by atoms with Crippen molar-refractivity contribution in [3.05, 3.63) is 64.9 Å². The summed E-state index contributed by atoms with van der Waals surface area (Å²) in [6.07, 6.45) is -4.56. The van der Waals surface area contributed by atoms with E-state index in [4.69, 9.17) is 11.6 Å². The number of nitrogens with zero attached hydrogens (tertiary/aromatic N) is 3. The van der Waals surface area contributed by atoms with E-state index in [0.29, 0.717) is 21.7 Å². The summed E-state index contributed by atoms with van der Waals surface area (Å²) >= 11 is 7.06. The van der Waals surface area contributed by atoms with Crippen LogP contribution in [0.4, 0.5) is 24.5 Å². The van der Waals surface area contributed by atoms with Gasteiger partial charge in [-0.1, -0.05) is 41.6 Å². The standard InChI is InChI=1S/C20H17ClF3N5O2S/c1-29-16(10-17(30)26-15-8-3-2-7-14(15)21)27-28-19(29)32-11-18(31)25-13-6-4-5-12(9-13)20(22,23)24/h2-9H,10-11H2,1H3,(H,25,31)(H,26,30). The van der Waals surface area contributed by atoms with Gasteiger partial charge < -0.3 is 15.2 Å². The first-order chi connectivity index (χ1) is 15.1. The number of para-hydroxylation sites is 1. The molecule has 7 nitrogen and oxygen atoms in total. The van der Waals surface area contributed by atoms with Gasteiger partial charge in [-0.05, 0) is 30.3 Å². The average molecular weight is 484 g/mol. The summed E-state index contributed by atoms with van der Waals surface area (Å²) < 4.78 is 39.9. The fourth-order valence-electron chi connectivity index (χ4n) is 2.63. The lowest BCUT2D eigenvalue weighted by Crippen LogP contribution is -2.17. The number of carbonyl (C=O) groups is 2. The fraction of sp³-hybridized carbons (Fsp3) is 0.200. The van der Waals surface area contributed by atoms with E-state index in [0.717, 1.165) is 23.9 Å². The van der Waals surface area contributed by atoms with Gasteiger partial charge in [-0.2, -0.15) is 13.2 Å². The SMILES string of the molecule is Cn1c(CC(=O)Nc2ccccc2Cl)nnc1SCC(=O)Nc1cccc(C(F)(F)F)c1. The number of alkyl halides is 3. The van der Waals surface area contributed by atoms with Crippen molar-refractivity contribution < 1.29 is 22.8 Å². The molecule has 3 aromatic rings. The summed E-state index contributed by atoms with van der Waals surface area (Å²) in [5, 5.41) is 13.8. The van der Waals surface area contributed by atoms with E-state index < -0.39 is 17.6 Å². The maximum absolute atomic E-state index is 12.8. The zero-order valence-electron chi connectivity index (χ0n) is 16.6. The highest BCUT2D eigenvalue weighted by atomic mass is 35.5. The van der Waals surface area contributed by atoms with Gasteiger partial charge in [-0.15, -0.1) is 10.2 Å². The Morgan fingerprint density at radius 1 is 1.06 bits per heavy atom. The highest BCUT2D eigenvalue weighted by Gasteiger charge is 2.30. The molecule has 168 valence electrons. The highest BCUT2D eigenvalue weighted by molar-refractivity contribution is 7.99. The topological polar surface area (TPSA) is 88.9 Å². The molecule has 2 N–H and O–H groups in total. The molecule has 3 rings (SSSR count). The molecule has 0 saturated heterocycles. The van der Waals surface area contributed by atoms with Crippen LogP contribution in [0.1, 0.15) is 11.4 Å². The molecule has 0 bridgehead atoms. The Morgan fingerprint density at radius 3 is 2.53 bits per heavy atom. The third-order valence-electron chi connectivity index (χ3n) is 4.20. The van der Waals surface area contributed by atoms with E-state index in [1.54, 1.807) is 35.9 Å². The van der Waals surface area contributed by atoms with Gasteiger partial charge in [-0.3, -0.25) is 9.59 Å². The van der Waals surface area contributed by atoms with Crippen molar-refractivity contribution in [1.82, 2.24) is 14.8 Å². The number of nitrogens with one attached hydrogen (secondary N) is 2. The van der Waals surface area contributed by atoms with E-state index >= 15 is 0 Å². The molecule has 0 aliphatic rings. The predicted octanol–water partition coefficient (Wildman–Crippen LogP) is 4.40. The number of benzene rings is 2. The van der Waals surface area contributed by atoms with Gasteiger partial charge in [0.05, 0.1) is 28.4 Å². The molecule has 0 unspecified atom stereocenters. The zero-order chi connectivity index (χ0) is 23.3. The molecule has 1 aromatic heterocycles. The highest BCUT2D eigenvalue weighted by Crippen LogP contribution is 2.30. The Labute approximate surface area is 190 Å². The normalized spacial score (nSPS) is 11.3. The van der Waals surface area contributed by atoms with Crippen molar-refractivity contribution in [1.29, 1.82) is 0 Å². The molecule has 0 spiro atoms. The van der Waals surface area contributed by atoms with Gasteiger partial charge in [0.25, 0.3) is 0 Å². The van der Waals surface area contributed by atoms with E-state index in [1.165, 1.54) is 12.1 Å². The lowest BCUT2D eigenvalue weighted by Gasteiger charge is -2.10. The summed E-state index contributed by atoms with van der Waals surface area (Å²) in [6, 6.07) is 11.2. The Morgan fingerprint density at radius 2 is 1.81 bits per heavy atom. The minimum absolute atomic E-state index is 0.0420. The molecule has 0 aliphatic carbocycles. The number of hydrogen-bond donors (Lipinski definition) is 2. The van der Waals surface area contributed by atoms with E-state index in [2.05, 4.69) is 20.8 Å². The van der Waals surface area contributed by atoms with Gasteiger partial charge in [0.15, 0.2) is 5.16 Å². The van der Waals surface area contributed by atoms with E-state index in [9.17, 15) is 22.8 Å². The Bertz CT molecular complexity index is 1140. The summed E-state index contributed by atoms with van der Waals surface area (Å²) in [5.41, 5.74) is -0.335. The maximum Gasteiger partial charge on any atom is 0.416 e. The molecule has 32 heavy (non-hydrogen) atoms. The first kappa shape index (κ1) is 23.6. The molecule has 1 heterocycles. The van der Waals surface area contributed by atoms with Crippen LogP contribution in [0.5, 0.6) is 0 Å². The number of aromatic nitrogens is 3. The molecule has 0 aliphatic heterocycles. The van der Waals surface area contributed by atoms with Crippen molar-refractivity contribution in [2.24, 2.45) is 7.05 Å². The molecule has 2 amide bonds. The van der Waals surface area contributed by atoms with Crippen LogP contribution < -0.4 is 10.6 Å². The van der Waals surface area contributed by atoms with E-state index in [-0.39, 0.29) is 23.8 Å². The first-order valence-corrected chi connectivity index (χ1v) is 10.5. The second-order valence-corrected chi connectivity index (χ2v) is 7.93.